The van der Waals surface area contributed by atoms with Gasteiger partial charge < -0.3 is 10.1 Å². The zero-order chi connectivity index (χ0) is 21.6. The minimum Gasteiger partial charge on any atom is -0.486 e. The van der Waals surface area contributed by atoms with Crippen molar-refractivity contribution in [1.29, 1.82) is 0 Å². The highest BCUT2D eigenvalue weighted by atomic mass is 32.1. The Morgan fingerprint density at radius 2 is 1.77 bits per heavy atom. The van der Waals surface area contributed by atoms with Crippen LogP contribution in [0.15, 0.2) is 48.5 Å². The molecule has 1 fully saturated rings. The highest BCUT2D eigenvalue weighted by Crippen LogP contribution is 2.21. The number of carbonyl (C=O) groups excluding carboxylic acids is 1. The normalized spacial score (nSPS) is 14.0. The maximum Gasteiger partial charge on any atom is 0.263 e. The van der Waals surface area contributed by atoms with Gasteiger partial charge in [0.15, 0.2) is 0 Å². The van der Waals surface area contributed by atoms with Crippen molar-refractivity contribution in [3.05, 3.63) is 80.8 Å². The highest BCUT2D eigenvalue weighted by molar-refractivity contribution is 7.13. The van der Waals surface area contributed by atoms with Crippen molar-refractivity contribution in [2.24, 2.45) is 0 Å². The van der Waals surface area contributed by atoms with Gasteiger partial charge in [0.2, 0.25) is 0 Å². The van der Waals surface area contributed by atoms with Crippen LogP contribution < -0.4 is 10.1 Å². The van der Waals surface area contributed by atoms with Crippen LogP contribution in [0.2, 0.25) is 0 Å². The van der Waals surface area contributed by atoms with Gasteiger partial charge in [-0.25, -0.2) is 4.98 Å². The topological polar surface area (TPSA) is 54.5 Å². The van der Waals surface area contributed by atoms with E-state index < -0.39 is 0 Å². The summed E-state index contributed by atoms with van der Waals surface area (Å²) >= 11 is 1.40. The minimum absolute atomic E-state index is 0.0763. The summed E-state index contributed by atoms with van der Waals surface area (Å²) in [5, 5.41) is 3.89. The molecular weight excluding hydrogens is 406 g/mol. The first kappa shape index (κ1) is 21.5. The van der Waals surface area contributed by atoms with E-state index in [-0.39, 0.29) is 5.91 Å². The molecule has 0 unspecified atom stereocenters. The smallest absolute Gasteiger partial charge is 0.263 e. The van der Waals surface area contributed by atoms with Crippen molar-refractivity contribution < 1.29 is 9.53 Å². The molecule has 0 aliphatic carbocycles. The Morgan fingerprint density at radius 1 is 1.06 bits per heavy atom. The Hall–Kier alpha value is -2.70. The van der Waals surface area contributed by atoms with Crippen LogP contribution >= 0.6 is 11.3 Å². The molecule has 0 radical (unpaired) electrons. The average Bonchev–Trinajstić information content (AvgIpc) is 3.42. The van der Waals surface area contributed by atoms with Crippen LogP contribution in [0.3, 0.4) is 0 Å². The first-order valence-electron chi connectivity index (χ1n) is 10.8. The van der Waals surface area contributed by atoms with Gasteiger partial charge in [0.1, 0.15) is 22.2 Å². The summed E-state index contributed by atoms with van der Waals surface area (Å²) in [5.74, 6) is 0.728. The van der Waals surface area contributed by atoms with Crippen molar-refractivity contribution in [2.45, 2.75) is 46.4 Å². The number of thiazole rings is 1. The van der Waals surface area contributed by atoms with Crippen LogP contribution in [-0.4, -0.2) is 28.9 Å². The number of hydrogen-bond acceptors (Lipinski definition) is 5. The molecule has 6 heteroatoms. The number of hydrogen-bond donors (Lipinski definition) is 1. The third kappa shape index (κ3) is 5.71. The molecule has 1 aromatic heterocycles. The van der Waals surface area contributed by atoms with Crippen LogP contribution in [0.4, 0.5) is 0 Å². The molecule has 0 spiro atoms. The van der Waals surface area contributed by atoms with E-state index in [0.29, 0.717) is 18.0 Å². The summed E-state index contributed by atoms with van der Waals surface area (Å²) in [6.45, 7) is 8.08. The zero-order valence-corrected chi connectivity index (χ0v) is 19.0. The van der Waals surface area contributed by atoms with E-state index in [4.69, 9.17) is 4.74 Å². The largest absolute Gasteiger partial charge is 0.486 e. The molecule has 4 rings (SSSR count). The lowest BCUT2D eigenvalue weighted by atomic mass is 10.1. The number of likely N-dealkylation sites (tertiary alicyclic amines) is 1. The molecule has 5 nitrogen and oxygen atoms in total. The van der Waals surface area contributed by atoms with Gasteiger partial charge >= 0.3 is 0 Å². The van der Waals surface area contributed by atoms with Gasteiger partial charge in [-0.3, -0.25) is 9.69 Å². The van der Waals surface area contributed by atoms with E-state index in [2.05, 4.69) is 33.4 Å². The van der Waals surface area contributed by atoms with E-state index >= 15 is 0 Å². The predicted molar refractivity (Wildman–Crippen MR) is 124 cm³/mol. The van der Waals surface area contributed by atoms with Gasteiger partial charge in [0.05, 0.1) is 5.69 Å². The summed E-state index contributed by atoms with van der Waals surface area (Å²) in [6.07, 6.45) is 2.55. The fraction of sp³-hybridized carbons (Fsp3) is 0.360. The second-order valence-corrected chi connectivity index (χ2v) is 9.14. The van der Waals surface area contributed by atoms with Crippen molar-refractivity contribution >= 4 is 17.2 Å². The summed E-state index contributed by atoms with van der Waals surface area (Å²) in [4.78, 5) is 20.5. The number of aryl methyl sites for hydroxylation is 2. The van der Waals surface area contributed by atoms with Gasteiger partial charge in [-0.05, 0) is 63.0 Å². The van der Waals surface area contributed by atoms with E-state index in [1.54, 1.807) is 0 Å². The van der Waals surface area contributed by atoms with Crippen molar-refractivity contribution in [3.8, 4) is 5.75 Å². The lowest BCUT2D eigenvalue weighted by molar-refractivity contribution is 0.0954. The molecule has 0 bridgehead atoms. The average molecular weight is 436 g/mol. The Bertz CT molecular complexity index is 1020. The maximum atomic E-state index is 12.8. The van der Waals surface area contributed by atoms with Gasteiger partial charge in [0, 0.05) is 13.1 Å². The monoisotopic (exact) mass is 435 g/mol. The molecule has 1 amide bonds. The minimum atomic E-state index is -0.0763. The molecule has 2 aromatic carbocycles. The number of benzene rings is 2. The Labute approximate surface area is 188 Å². The molecule has 3 aromatic rings. The fourth-order valence-electron chi connectivity index (χ4n) is 3.83. The summed E-state index contributed by atoms with van der Waals surface area (Å²) in [7, 11) is 0. The predicted octanol–water partition coefficient (Wildman–Crippen LogP) is 4.86. The lowest BCUT2D eigenvalue weighted by Crippen LogP contribution is -2.25. The molecule has 1 aliphatic rings. The molecule has 1 aliphatic heterocycles. The van der Waals surface area contributed by atoms with Crippen LogP contribution in [-0.2, 0) is 19.7 Å². The van der Waals surface area contributed by atoms with Crippen LogP contribution in [0, 0.1) is 13.8 Å². The van der Waals surface area contributed by atoms with Gasteiger partial charge in [0.25, 0.3) is 5.91 Å². The molecule has 0 saturated carbocycles. The molecule has 2 heterocycles. The third-order valence-electron chi connectivity index (χ3n) is 5.58. The number of ether oxygens (including phenoxy) is 1. The summed E-state index contributed by atoms with van der Waals surface area (Å²) < 4.78 is 5.81. The molecule has 1 N–H and O–H groups in total. The van der Waals surface area contributed by atoms with Crippen LogP contribution in [0.1, 0.15) is 49.9 Å². The van der Waals surface area contributed by atoms with E-state index in [1.165, 1.54) is 40.9 Å². The number of nitrogens with one attached hydrogen (secondary N) is 1. The lowest BCUT2D eigenvalue weighted by Gasteiger charge is -2.17. The van der Waals surface area contributed by atoms with E-state index in [0.717, 1.165) is 36.1 Å². The number of nitrogens with zero attached hydrogens (tertiary/aromatic N) is 2. The Kier molecular flexibility index (Phi) is 6.99. The molecular formula is C25H29N3O2S. The van der Waals surface area contributed by atoms with Gasteiger partial charge in [-0.1, -0.05) is 42.0 Å². The second-order valence-electron chi connectivity index (χ2n) is 8.06. The Balaban J connectivity index is 1.35. The second kappa shape index (κ2) is 10.1. The maximum absolute atomic E-state index is 12.8. The first-order valence-corrected chi connectivity index (χ1v) is 11.6. The number of carbonyl (C=O) groups is 1. The van der Waals surface area contributed by atoms with E-state index in [9.17, 15) is 4.79 Å². The van der Waals surface area contributed by atoms with Crippen molar-refractivity contribution in [1.82, 2.24) is 15.2 Å². The van der Waals surface area contributed by atoms with E-state index in [1.807, 2.05) is 44.2 Å². The third-order valence-corrected chi connectivity index (χ3v) is 6.71. The van der Waals surface area contributed by atoms with Gasteiger partial charge in [-0.15, -0.1) is 11.3 Å². The molecule has 162 valence electrons. The molecule has 0 atom stereocenters. The standard InChI is InChI=1S/C25H29N3O2S/c1-18-9-11-22(12-10-18)30-17-23-27-19(2)24(31-23)25(29)26-15-20-7-3-4-8-21(20)16-28-13-5-6-14-28/h3-4,7-12H,5-6,13-17H2,1-2H3,(H,26,29). The van der Waals surface area contributed by atoms with Gasteiger partial charge in [-0.2, -0.15) is 0 Å². The Morgan fingerprint density at radius 3 is 2.52 bits per heavy atom. The summed E-state index contributed by atoms with van der Waals surface area (Å²) in [6, 6.07) is 16.3. The fourth-order valence-corrected chi connectivity index (χ4v) is 4.72. The van der Waals surface area contributed by atoms with Crippen molar-refractivity contribution in [3.63, 3.8) is 0 Å². The zero-order valence-electron chi connectivity index (χ0n) is 18.2. The first-order chi connectivity index (χ1) is 15.1. The van der Waals surface area contributed by atoms with Crippen LogP contribution in [0.5, 0.6) is 5.75 Å². The molecule has 31 heavy (non-hydrogen) atoms. The quantitative estimate of drug-likeness (QED) is 0.549. The van der Waals surface area contributed by atoms with Crippen LogP contribution in [0.25, 0.3) is 0 Å². The number of rotatable bonds is 8. The number of amides is 1. The SMILES string of the molecule is Cc1ccc(OCc2nc(C)c(C(=O)NCc3ccccc3CN3CCCC3)s2)cc1. The molecule has 1 saturated heterocycles. The van der Waals surface area contributed by atoms with Crippen molar-refractivity contribution in [2.75, 3.05) is 13.1 Å². The highest BCUT2D eigenvalue weighted by Gasteiger charge is 2.17. The number of aromatic nitrogens is 1. The summed E-state index contributed by atoms with van der Waals surface area (Å²) in [5.41, 5.74) is 4.40.